The van der Waals surface area contributed by atoms with Crippen LogP contribution in [0.4, 0.5) is 5.69 Å². The minimum Gasteiger partial charge on any atom is -0.312 e. The Bertz CT molecular complexity index is 1230. The van der Waals surface area contributed by atoms with Crippen molar-refractivity contribution in [1.29, 1.82) is 0 Å². The SMILES string of the molecule is CC(C)(C)[S@@](=O)N[C@@H]1CCN(C(=O)C2CC2)c2ccc(Cc3ccc4ccccc4c3)cc21. The Hall–Kier alpha value is -2.50. The van der Waals surface area contributed by atoms with Crippen LogP contribution in [0.5, 0.6) is 0 Å². The Kier molecular flexibility index (Phi) is 5.87. The minimum atomic E-state index is -1.17. The lowest BCUT2D eigenvalue weighted by atomic mass is 9.92. The van der Waals surface area contributed by atoms with Gasteiger partial charge in [0.25, 0.3) is 0 Å². The van der Waals surface area contributed by atoms with Crippen molar-refractivity contribution in [3.8, 4) is 0 Å². The van der Waals surface area contributed by atoms with Gasteiger partial charge in [-0.15, -0.1) is 0 Å². The van der Waals surface area contributed by atoms with E-state index < -0.39 is 11.0 Å². The molecule has 1 saturated carbocycles. The van der Waals surface area contributed by atoms with E-state index in [0.717, 1.165) is 36.9 Å². The second-order valence-corrected chi connectivity index (χ2v) is 12.4. The summed E-state index contributed by atoms with van der Waals surface area (Å²) in [4.78, 5) is 14.9. The van der Waals surface area contributed by atoms with Crippen molar-refractivity contribution in [2.75, 3.05) is 11.4 Å². The van der Waals surface area contributed by atoms with Crippen LogP contribution in [-0.2, 0) is 22.2 Å². The number of fused-ring (bicyclic) bond motifs is 2. The molecule has 5 rings (SSSR count). The van der Waals surface area contributed by atoms with Gasteiger partial charge in [0.2, 0.25) is 5.91 Å². The van der Waals surface area contributed by atoms with Gasteiger partial charge in [0.05, 0.1) is 15.7 Å². The maximum Gasteiger partial charge on any atom is 0.230 e. The first-order chi connectivity index (χ1) is 15.8. The highest BCUT2D eigenvalue weighted by molar-refractivity contribution is 7.84. The number of carbonyl (C=O) groups is 1. The fourth-order valence-corrected chi connectivity index (χ4v) is 5.42. The number of amides is 1. The molecule has 3 aromatic rings. The highest BCUT2D eigenvalue weighted by Crippen LogP contribution is 2.40. The van der Waals surface area contributed by atoms with Gasteiger partial charge in [0, 0.05) is 24.2 Å². The third-order valence-electron chi connectivity index (χ3n) is 6.62. The van der Waals surface area contributed by atoms with Crippen molar-refractivity contribution in [3.63, 3.8) is 0 Å². The Labute approximate surface area is 199 Å². The van der Waals surface area contributed by atoms with Gasteiger partial charge in [-0.3, -0.25) is 4.79 Å². The molecule has 1 aliphatic heterocycles. The normalized spacial score (nSPS) is 19.4. The predicted octanol–water partition coefficient (Wildman–Crippen LogP) is 5.67. The molecule has 1 fully saturated rings. The van der Waals surface area contributed by atoms with Crippen molar-refractivity contribution < 1.29 is 9.00 Å². The Balaban J connectivity index is 1.47. The van der Waals surface area contributed by atoms with Gasteiger partial charge in [-0.05, 0) is 80.0 Å². The number of nitrogens with one attached hydrogen (secondary N) is 1. The van der Waals surface area contributed by atoms with Crippen LogP contribution in [0.3, 0.4) is 0 Å². The monoisotopic (exact) mass is 460 g/mol. The summed E-state index contributed by atoms with van der Waals surface area (Å²) >= 11 is 0. The molecule has 0 spiro atoms. The van der Waals surface area contributed by atoms with Gasteiger partial charge in [0.1, 0.15) is 0 Å². The third kappa shape index (κ3) is 4.75. The average Bonchev–Trinajstić information content (AvgIpc) is 3.64. The van der Waals surface area contributed by atoms with Crippen molar-refractivity contribution >= 4 is 33.4 Å². The lowest BCUT2D eigenvalue weighted by molar-refractivity contribution is -0.119. The van der Waals surface area contributed by atoms with Gasteiger partial charge in [-0.2, -0.15) is 0 Å². The standard InChI is InChI=1S/C28H32N2O2S/c1-28(2,3)33(32)29-25-14-15-30(27(31)22-11-12-22)26-13-9-20(18-24(25)26)16-19-8-10-21-6-4-5-7-23(21)17-19/h4-10,13,17-18,22,25,29H,11-12,14-16H2,1-3H3/t25-,33-/m1/s1. The largest absolute Gasteiger partial charge is 0.312 e. The topological polar surface area (TPSA) is 49.4 Å². The van der Waals surface area contributed by atoms with Crippen LogP contribution >= 0.6 is 0 Å². The molecule has 5 heteroatoms. The molecule has 1 amide bonds. The van der Waals surface area contributed by atoms with Gasteiger partial charge in [-0.25, -0.2) is 8.93 Å². The van der Waals surface area contributed by atoms with Crippen LogP contribution in [-0.4, -0.2) is 21.4 Å². The average molecular weight is 461 g/mol. The molecule has 3 aromatic carbocycles. The summed E-state index contributed by atoms with van der Waals surface area (Å²) in [7, 11) is -1.17. The Morgan fingerprint density at radius 2 is 1.67 bits per heavy atom. The molecule has 172 valence electrons. The smallest absolute Gasteiger partial charge is 0.230 e. The molecule has 0 saturated heterocycles. The van der Waals surface area contributed by atoms with Gasteiger partial charge in [0.15, 0.2) is 0 Å². The molecular weight excluding hydrogens is 428 g/mol. The maximum atomic E-state index is 13.0. The second-order valence-electron chi connectivity index (χ2n) is 10.4. The molecule has 33 heavy (non-hydrogen) atoms. The lowest BCUT2D eigenvalue weighted by Gasteiger charge is -2.36. The summed E-state index contributed by atoms with van der Waals surface area (Å²) in [6, 6.07) is 21.5. The first-order valence-corrected chi connectivity index (χ1v) is 13.0. The van der Waals surface area contributed by atoms with E-state index >= 15 is 0 Å². The van der Waals surface area contributed by atoms with E-state index in [-0.39, 0.29) is 22.6 Å². The van der Waals surface area contributed by atoms with Crippen LogP contribution < -0.4 is 9.62 Å². The van der Waals surface area contributed by atoms with E-state index in [1.165, 1.54) is 21.9 Å². The molecule has 0 aromatic heterocycles. The van der Waals surface area contributed by atoms with Gasteiger partial charge < -0.3 is 4.90 Å². The molecule has 4 nitrogen and oxygen atoms in total. The lowest BCUT2D eigenvalue weighted by Crippen LogP contribution is -2.43. The van der Waals surface area contributed by atoms with Crippen molar-refractivity contribution in [2.24, 2.45) is 5.92 Å². The van der Waals surface area contributed by atoms with E-state index in [0.29, 0.717) is 6.54 Å². The molecule has 0 radical (unpaired) electrons. The first kappa shape index (κ1) is 22.3. The third-order valence-corrected chi connectivity index (χ3v) is 8.23. The van der Waals surface area contributed by atoms with Crippen LogP contribution in [0.15, 0.2) is 60.7 Å². The minimum absolute atomic E-state index is 0.0279. The van der Waals surface area contributed by atoms with E-state index in [2.05, 4.69) is 65.4 Å². The summed E-state index contributed by atoms with van der Waals surface area (Å²) in [6.45, 7) is 6.63. The highest BCUT2D eigenvalue weighted by atomic mass is 32.2. The fourth-order valence-electron chi connectivity index (χ4n) is 4.57. The maximum absolute atomic E-state index is 13.0. The summed E-state index contributed by atoms with van der Waals surface area (Å²) in [6.07, 6.45) is 3.59. The molecular formula is C28H32N2O2S. The first-order valence-electron chi connectivity index (χ1n) is 11.9. The Morgan fingerprint density at radius 1 is 0.970 bits per heavy atom. The molecule has 1 aliphatic carbocycles. The summed E-state index contributed by atoms with van der Waals surface area (Å²) in [5.74, 6) is 0.428. The van der Waals surface area contributed by atoms with Gasteiger partial charge in [-0.1, -0.05) is 54.6 Å². The number of hydrogen-bond acceptors (Lipinski definition) is 2. The summed E-state index contributed by atoms with van der Waals surface area (Å²) in [5, 5.41) is 2.49. The molecule has 0 unspecified atom stereocenters. The van der Waals surface area contributed by atoms with Crippen molar-refractivity contribution in [1.82, 2.24) is 4.72 Å². The summed E-state index contributed by atoms with van der Waals surface area (Å²) < 4.78 is 15.9. The zero-order valence-corrected chi connectivity index (χ0v) is 20.5. The summed E-state index contributed by atoms with van der Waals surface area (Å²) in [5.41, 5.74) is 4.53. The van der Waals surface area contributed by atoms with Crippen LogP contribution in [0.25, 0.3) is 10.8 Å². The van der Waals surface area contributed by atoms with E-state index in [1.807, 2.05) is 25.7 Å². The van der Waals surface area contributed by atoms with Crippen LogP contribution in [0.2, 0.25) is 0 Å². The van der Waals surface area contributed by atoms with Crippen molar-refractivity contribution in [2.45, 2.75) is 57.2 Å². The predicted molar refractivity (Wildman–Crippen MR) is 137 cm³/mol. The quantitative estimate of drug-likeness (QED) is 0.533. The zero-order chi connectivity index (χ0) is 23.2. The molecule has 0 bridgehead atoms. The second kappa shape index (κ2) is 8.69. The zero-order valence-electron chi connectivity index (χ0n) is 19.6. The van der Waals surface area contributed by atoms with Gasteiger partial charge >= 0.3 is 0 Å². The molecule has 1 heterocycles. The molecule has 1 N–H and O–H groups in total. The van der Waals surface area contributed by atoms with E-state index in [4.69, 9.17) is 0 Å². The number of carbonyl (C=O) groups excluding carboxylic acids is 1. The number of hydrogen-bond donors (Lipinski definition) is 1. The van der Waals surface area contributed by atoms with Crippen LogP contribution in [0, 0.1) is 5.92 Å². The molecule has 2 atom stereocenters. The van der Waals surface area contributed by atoms with E-state index in [1.54, 1.807) is 0 Å². The number of nitrogens with zero attached hydrogens (tertiary/aromatic N) is 1. The number of rotatable bonds is 5. The fraction of sp³-hybridized carbons (Fsp3) is 0.393. The van der Waals surface area contributed by atoms with E-state index in [9.17, 15) is 9.00 Å². The Morgan fingerprint density at radius 3 is 2.39 bits per heavy atom. The number of anilines is 1. The molecule has 2 aliphatic rings. The van der Waals surface area contributed by atoms with Crippen LogP contribution in [0.1, 0.15) is 62.8 Å². The number of benzene rings is 3. The van der Waals surface area contributed by atoms with Crippen molar-refractivity contribution in [3.05, 3.63) is 77.4 Å². The highest BCUT2D eigenvalue weighted by Gasteiger charge is 2.38.